The monoisotopic (exact) mass is 640 g/mol. The number of benzene rings is 1. The lowest BCUT2D eigenvalue weighted by Crippen LogP contribution is -2.58. The molecule has 5 rings (SSSR count). The van der Waals surface area contributed by atoms with Gasteiger partial charge in [-0.2, -0.15) is 0 Å². The molecule has 3 fully saturated rings. The van der Waals surface area contributed by atoms with Crippen molar-refractivity contribution in [3.63, 3.8) is 0 Å². The first-order chi connectivity index (χ1) is 21.3. The topological polar surface area (TPSA) is 147 Å². The Hall–Kier alpha value is -3.86. The maximum atomic E-state index is 14.4. The van der Waals surface area contributed by atoms with Crippen LogP contribution in [0.1, 0.15) is 65.7 Å². The number of carboxylic acids is 1. The molecule has 12 heteroatoms. The minimum atomic E-state index is -1.47. The third-order valence-corrected chi connectivity index (χ3v) is 9.13. The smallest absolute Gasteiger partial charge is 0.408 e. The minimum absolute atomic E-state index is 0.0541. The van der Waals surface area contributed by atoms with Crippen LogP contribution in [-0.4, -0.2) is 74.7 Å². The summed E-state index contributed by atoms with van der Waals surface area (Å²) in [5.41, 5.74) is -1.61. The number of nitrogens with one attached hydrogen (secondary N) is 2. The van der Waals surface area contributed by atoms with Crippen molar-refractivity contribution in [2.45, 2.75) is 95.0 Å². The van der Waals surface area contributed by atoms with Crippen molar-refractivity contribution in [3.8, 4) is 5.75 Å². The normalized spacial score (nSPS) is 25.7. The lowest BCUT2D eigenvalue weighted by molar-refractivity contribution is -0.146. The van der Waals surface area contributed by atoms with E-state index in [-0.39, 0.29) is 25.3 Å². The number of ether oxygens (including phenoxy) is 2. The fourth-order valence-electron chi connectivity index (χ4n) is 6.53. The van der Waals surface area contributed by atoms with Crippen molar-refractivity contribution < 1.29 is 33.8 Å². The van der Waals surface area contributed by atoms with Crippen LogP contribution >= 0.6 is 11.6 Å². The molecule has 3 amide bonds. The van der Waals surface area contributed by atoms with Gasteiger partial charge in [0, 0.05) is 28.9 Å². The van der Waals surface area contributed by atoms with Crippen LogP contribution in [0.2, 0.25) is 5.02 Å². The van der Waals surface area contributed by atoms with Crippen molar-refractivity contribution in [1.29, 1.82) is 0 Å². The number of aromatic nitrogens is 1. The van der Waals surface area contributed by atoms with Crippen LogP contribution in [0.3, 0.4) is 0 Å². The summed E-state index contributed by atoms with van der Waals surface area (Å²) in [7, 11) is 0. The molecule has 1 aliphatic heterocycles. The Kier molecular flexibility index (Phi) is 9.30. The molecule has 0 radical (unpaired) electrons. The summed E-state index contributed by atoms with van der Waals surface area (Å²) in [5.74, 6) is -2.22. The molecule has 242 valence electrons. The quantitative estimate of drug-likeness (QED) is 0.330. The van der Waals surface area contributed by atoms with E-state index in [1.54, 1.807) is 51.2 Å². The van der Waals surface area contributed by atoms with E-state index in [9.17, 15) is 24.3 Å². The Bertz CT molecular complexity index is 1490. The maximum Gasteiger partial charge on any atom is 0.408 e. The van der Waals surface area contributed by atoms with Gasteiger partial charge >= 0.3 is 12.1 Å². The number of rotatable bonds is 9. The van der Waals surface area contributed by atoms with Crippen LogP contribution in [0, 0.1) is 11.8 Å². The zero-order valence-corrected chi connectivity index (χ0v) is 26.6. The molecule has 5 atom stereocenters. The molecule has 0 bridgehead atoms. The fourth-order valence-corrected chi connectivity index (χ4v) is 6.70. The van der Waals surface area contributed by atoms with Gasteiger partial charge in [0.15, 0.2) is 0 Å². The number of hydrogen-bond donors (Lipinski definition) is 3. The van der Waals surface area contributed by atoms with E-state index in [1.165, 1.54) is 11.0 Å². The van der Waals surface area contributed by atoms with Crippen molar-refractivity contribution in [3.05, 3.63) is 48.1 Å². The van der Waals surface area contributed by atoms with E-state index >= 15 is 0 Å². The fraction of sp³-hybridized carbons (Fsp3) is 0.545. The summed E-state index contributed by atoms with van der Waals surface area (Å²) < 4.78 is 11.9. The van der Waals surface area contributed by atoms with Crippen molar-refractivity contribution in [1.82, 2.24) is 20.5 Å². The highest BCUT2D eigenvalue weighted by Crippen LogP contribution is 2.45. The van der Waals surface area contributed by atoms with E-state index in [1.807, 2.05) is 0 Å². The van der Waals surface area contributed by atoms with E-state index in [0.717, 1.165) is 37.5 Å². The van der Waals surface area contributed by atoms with Gasteiger partial charge in [-0.1, -0.05) is 36.9 Å². The zero-order chi connectivity index (χ0) is 32.5. The summed E-state index contributed by atoms with van der Waals surface area (Å²) >= 11 is 6.16. The highest BCUT2D eigenvalue weighted by Gasteiger charge is 2.61. The number of carbonyl (C=O) groups excluding carboxylic acids is 3. The Morgan fingerprint density at radius 2 is 1.91 bits per heavy atom. The number of likely N-dealkylation sites (tertiary alicyclic amines) is 1. The average Bonchev–Trinajstić information content (AvgIpc) is 3.55. The molecular formula is C33H41ClN4O7. The predicted molar refractivity (Wildman–Crippen MR) is 168 cm³/mol. The summed E-state index contributed by atoms with van der Waals surface area (Å²) in [6.45, 7) is 8.99. The van der Waals surface area contributed by atoms with Gasteiger partial charge in [0.05, 0.1) is 12.1 Å². The highest BCUT2D eigenvalue weighted by atomic mass is 35.5. The second-order valence-electron chi connectivity index (χ2n) is 13.3. The summed E-state index contributed by atoms with van der Waals surface area (Å²) in [6, 6.07) is 5.01. The van der Waals surface area contributed by atoms with Gasteiger partial charge in [-0.3, -0.25) is 14.6 Å². The number of pyridine rings is 1. The second-order valence-corrected chi connectivity index (χ2v) is 13.7. The first kappa shape index (κ1) is 32.5. The van der Waals surface area contributed by atoms with Gasteiger partial charge in [0.2, 0.25) is 11.8 Å². The van der Waals surface area contributed by atoms with Crippen molar-refractivity contribution in [2.75, 3.05) is 6.54 Å². The largest absolute Gasteiger partial charge is 0.488 e. The Balaban J connectivity index is 1.44. The predicted octanol–water partition coefficient (Wildman–Crippen LogP) is 4.86. The van der Waals surface area contributed by atoms with E-state index in [0.29, 0.717) is 16.3 Å². The SMILES string of the molecule is C=C[C@H]1CC1(NC(=O)[C@@H]1C[C@@H](Oc2ccnc3cc(Cl)ccc23)CN1C(=O)[C@@H](NC(=O)OC(C)(C)C)C1CCCCC1)C(=O)O. The molecule has 0 spiro atoms. The molecule has 45 heavy (non-hydrogen) atoms. The highest BCUT2D eigenvalue weighted by molar-refractivity contribution is 6.31. The van der Waals surface area contributed by atoms with E-state index < -0.39 is 59.1 Å². The maximum absolute atomic E-state index is 14.4. The van der Waals surface area contributed by atoms with Gasteiger partial charge in [-0.15, -0.1) is 6.58 Å². The first-order valence-electron chi connectivity index (χ1n) is 15.5. The molecule has 2 aliphatic carbocycles. The number of alkyl carbamates (subject to hydrolysis) is 1. The van der Waals surface area contributed by atoms with Gasteiger partial charge < -0.3 is 30.1 Å². The molecule has 1 aromatic heterocycles. The lowest BCUT2D eigenvalue weighted by atomic mass is 9.83. The molecule has 1 saturated heterocycles. The standard InChI is InChI=1S/C33H41ClN4O7/c1-5-20-17-33(20,30(41)42)37-28(39)25-16-22(44-26-13-14-35-24-15-21(34)11-12-23(24)26)18-38(25)29(40)27(19-9-7-6-8-10-19)36-31(43)45-32(2,3)4/h5,11-15,19-20,22,25,27H,1,6-10,16-18H2,2-4H3,(H,36,43)(H,37,39)(H,41,42)/t20-,22+,25-,27-,33?/m0/s1. The number of hydrogen-bond acceptors (Lipinski definition) is 7. The minimum Gasteiger partial charge on any atom is -0.488 e. The number of carbonyl (C=O) groups is 4. The summed E-state index contributed by atoms with van der Waals surface area (Å²) in [4.78, 5) is 59.2. The molecule has 3 N–H and O–H groups in total. The average molecular weight is 641 g/mol. The van der Waals surface area contributed by atoms with E-state index in [4.69, 9.17) is 21.1 Å². The van der Waals surface area contributed by atoms with E-state index in [2.05, 4.69) is 22.2 Å². The van der Waals surface area contributed by atoms with Gasteiger partial charge in [-0.05, 0) is 70.2 Å². The third kappa shape index (κ3) is 7.19. The number of halogens is 1. The Morgan fingerprint density at radius 3 is 2.56 bits per heavy atom. The third-order valence-electron chi connectivity index (χ3n) is 8.89. The van der Waals surface area contributed by atoms with Crippen LogP contribution in [0.25, 0.3) is 10.9 Å². The molecule has 11 nitrogen and oxygen atoms in total. The molecule has 2 aromatic rings. The zero-order valence-electron chi connectivity index (χ0n) is 25.9. The summed E-state index contributed by atoms with van der Waals surface area (Å²) in [5, 5.41) is 16.7. The number of fused-ring (bicyclic) bond motifs is 1. The van der Waals surface area contributed by atoms with Gasteiger partial charge in [-0.25, -0.2) is 9.59 Å². The number of amides is 3. The molecule has 2 heterocycles. The first-order valence-corrected chi connectivity index (χ1v) is 15.9. The Morgan fingerprint density at radius 1 is 1.18 bits per heavy atom. The molecule has 3 aliphatic rings. The van der Waals surface area contributed by atoms with Crippen molar-refractivity contribution >= 4 is 46.4 Å². The number of aliphatic carboxylic acids is 1. The van der Waals surface area contributed by atoms with Crippen LogP contribution in [0.5, 0.6) is 5.75 Å². The lowest BCUT2D eigenvalue weighted by Gasteiger charge is -2.35. The number of carboxylic acid groups (broad SMARTS) is 1. The molecule has 2 saturated carbocycles. The van der Waals surface area contributed by atoms with Crippen LogP contribution < -0.4 is 15.4 Å². The van der Waals surface area contributed by atoms with Gasteiger partial charge in [0.1, 0.15) is 35.1 Å². The summed E-state index contributed by atoms with van der Waals surface area (Å²) in [6.07, 6.45) is 6.50. The van der Waals surface area contributed by atoms with Crippen molar-refractivity contribution in [2.24, 2.45) is 11.8 Å². The van der Waals surface area contributed by atoms with Crippen LogP contribution in [0.4, 0.5) is 4.79 Å². The number of nitrogens with zero attached hydrogens (tertiary/aromatic N) is 2. The molecule has 1 unspecified atom stereocenters. The van der Waals surface area contributed by atoms with Gasteiger partial charge in [0.25, 0.3) is 0 Å². The molecular weight excluding hydrogens is 600 g/mol. The van der Waals surface area contributed by atoms with Crippen LogP contribution in [-0.2, 0) is 19.1 Å². The Labute approximate surface area is 267 Å². The second kappa shape index (κ2) is 12.9. The molecule has 1 aromatic carbocycles. The van der Waals surface area contributed by atoms with Crippen LogP contribution in [0.15, 0.2) is 43.1 Å².